The second-order valence-electron chi connectivity index (χ2n) is 6.62. The Morgan fingerprint density at radius 3 is 2.79 bits per heavy atom. The van der Waals surface area contributed by atoms with Crippen LogP contribution in [0.1, 0.15) is 44.9 Å². The van der Waals surface area contributed by atoms with Crippen LogP contribution in [0, 0.1) is 5.92 Å². The second-order valence-corrected chi connectivity index (χ2v) is 6.62. The van der Waals surface area contributed by atoms with Crippen molar-refractivity contribution < 1.29 is 4.74 Å². The Balaban J connectivity index is 1.72. The van der Waals surface area contributed by atoms with Crippen LogP contribution in [0.25, 0.3) is 0 Å². The summed E-state index contributed by atoms with van der Waals surface area (Å²) in [5, 5.41) is 8.02. The van der Waals surface area contributed by atoms with Crippen molar-refractivity contribution in [3.05, 3.63) is 17.5 Å². The lowest BCUT2D eigenvalue weighted by atomic mass is 9.89. The van der Waals surface area contributed by atoms with Crippen molar-refractivity contribution in [1.82, 2.24) is 15.1 Å². The summed E-state index contributed by atoms with van der Waals surface area (Å²) in [5.74, 6) is 0.853. The molecule has 0 amide bonds. The summed E-state index contributed by atoms with van der Waals surface area (Å²) < 4.78 is 7.52. The predicted octanol–water partition coefficient (Wildman–Crippen LogP) is 2.23. The van der Waals surface area contributed by atoms with Crippen molar-refractivity contribution in [2.45, 2.75) is 45.6 Å². The van der Waals surface area contributed by atoms with E-state index in [1.54, 1.807) is 0 Å². The first-order valence-corrected chi connectivity index (χ1v) is 7.28. The fourth-order valence-electron chi connectivity index (χ4n) is 2.20. The van der Waals surface area contributed by atoms with Crippen LogP contribution in [-0.4, -0.2) is 29.5 Å². The summed E-state index contributed by atoms with van der Waals surface area (Å²) in [4.78, 5) is 0. The lowest BCUT2D eigenvalue weighted by Gasteiger charge is -2.17. The van der Waals surface area contributed by atoms with E-state index in [0.29, 0.717) is 0 Å². The third-order valence-corrected chi connectivity index (χ3v) is 3.40. The zero-order valence-corrected chi connectivity index (χ0v) is 12.7. The van der Waals surface area contributed by atoms with Gasteiger partial charge in [-0.05, 0) is 18.8 Å². The minimum atomic E-state index is 0.0980. The molecule has 0 bridgehead atoms. The molecule has 0 aliphatic heterocycles. The highest BCUT2D eigenvalue weighted by atomic mass is 16.5. The SMILES string of the molecule is Cn1cc(CNCCOCC2CC2)c(C(C)(C)C)n1. The molecule has 108 valence electrons. The van der Waals surface area contributed by atoms with Crippen molar-refractivity contribution >= 4 is 0 Å². The molecule has 1 aliphatic rings. The monoisotopic (exact) mass is 265 g/mol. The minimum Gasteiger partial charge on any atom is -0.380 e. The molecule has 1 N–H and O–H groups in total. The first-order valence-electron chi connectivity index (χ1n) is 7.28. The Morgan fingerprint density at radius 2 is 2.16 bits per heavy atom. The summed E-state index contributed by atoms with van der Waals surface area (Å²) in [6, 6.07) is 0. The zero-order valence-electron chi connectivity index (χ0n) is 12.7. The minimum absolute atomic E-state index is 0.0980. The molecule has 0 radical (unpaired) electrons. The van der Waals surface area contributed by atoms with Gasteiger partial charge in [0.05, 0.1) is 12.3 Å². The van der Waals surface area contributed by atoms with Crippen molar-refractivity contribution in [2.24, 2.45) is 13.0 Å². The van der Waals surface area contributed by atoms with Crippen molar-refractivity contribution in [1.29, 1.82) is 0 Å². The molecule has 0 unspecified atom stereocenters. The van der Waals surface area contributed by atoms with Crippen molar-refractivity contribution in [3.63, 3.8) is 0 Å². The van der Waals surface area contributed by atoms with Crippen molar-refractivity contribution in [2.75, 3.05) is 19.8 Å². The number of aryl methyl sites for hydroxylation is 1. The van der Waals surface area contributed by atoms with Gasteiger partial charge in [0.2, 0.25) is 0 Å². The van der Waals surface area contributed by atoms with Crippen molar-refractivity contribution in [3.8, 4) is 0 Å². The van der Waals surface area contributed by atoms with E-state index in [-0.39, 0.29) is 5.41 Å². The Kier molecular flexibility index (Phi) is 4.63. The fraction of sp³-hybridized carbons (Fsp3) is 0.800. The number of aromatic nitrogens is 2. The van der Waals surface area contributed by atoms with Crippen LogP contribution in [-0.2, 0) is 23.7 Å². The summed E-state index contributed by atoms with van der Waals surface area (Å²) >= 11 is 0. The molecule has 4 heteroatoms. The Hall–Kier alpha value is -0.870. The fourth-order valence-corrected chi connectivity index (χ4v) is 2.20. The summed E-state index contributed by atoms with van der Waals surface area (Å²) in [6.45, 7) is 10.1. The topological polar surface area (TPSA) is 39.1 Å². The van der Waals surface area contributed by atoms with Gasteiger partial charge in [-0.2, -0.15) is 5.10 Å². The second kappa shape index (κ2) is 6.06. The quantitative estimate of drug-likeness (QED) is 0.768. The Bertz CT molecular complexity index is 402. The molecule has 0 atom stereocenters. The van der Waals surface area contributed by atoms with Gasteiger partial charge in [-0.15, -0.1) is 0 Å². The highest BCUT2D eigenvalue weighted by Gasteiger charge is 2.22. The first kappa shape index (κ1) is 14.5. The lowest BCUT2D eigenvalue weighted by molar-refractivity contribution is 0.126. The molecular formula is C15H27N3O. The Morgan fingerprint density at radius 1 is 1.42 bits per heavy atom. The van der Waals surface area contributed by atoms with E-state index in [4.69, 9.17) is 4.74 Å². The predicted molar refractivity (Wildman–Crippen MR) is 77.2 cm³/mol. The van der Waals surface area contributed by atoms with Gasteiger partial charge in [0.1, 0.15) is 0 Å². The highest BCUT2D eigenvalue weighted by molar-refractivity contribution is 5.23. The summed E-state index contributed by atoms with van der Waals surface area (Å²) in [5.41, 5.74) is 2.57. The molecule has 0 spiro atoms. The molecule has 19 heavy (non-hydrogen) atoms. The standard InChI is InChI=1S/C15H27N3O/c1-15(2,3)14-13(10-18(4)17-14)9-16-7-8-19-11-12-5-6-12/h10,12,16H,5-9,11H2,1-4H3. The largest absolute Gasteiger partial charge is 0.380 e. The third-order valence-electron chi connectivity index (χ3n) is 3.40. The molecule has 1 aromatic rings. The van der Waals surface area contributed by atoms with E-state index in [1.807, 2.05) is 11.7 Å². The number of nitrogens with one attached hydrogen (secondary N) is 1. The molecule has 2 rings (SSSR count). The average Bonchev–Trinajstić information content (AvgIpc) is 3.05. The summed E-state index contributed by atoms with van der Waals surface area (Å²) in [7, 11) is 1.98. The van der Waals surface area contributed by atoms with Crippen LogP contribution >= 0.6 is 0 Å². The number of hydrogen-bond acceptors (Lipinski definition) is 3. The van der Waals surface area contributed by atoms with Crippen LogP contribution in [0.5, 0.6) is 0 Å². The zero-order chi connectivity index (χ0) is 13.9. The molecule has 0 aromatic carbocycles. The molecule has 1 aliphatic carbocycles. The van der Waals surface area contributed by atoms with Gasteiger partial charge in [-0.25, -0.2) is 0 Å². The van der Waals surface area contributed by atoms with Crippen LogP contribution in [0.3, 0.4) is 0 Å². The van der Waals surface area contributed by atoms with E-state index in [2.05, 4.69) is 37.4 Å². The number of hydrogen-bond donors (Lipinski definition) is 1. The molecular weight excluding hydrogens is 238 g/mol. The summed E-state index contributed by atoms with van der Waals surface area (Å²) in [6.07, 6.45) is 4.83. The maximum Gasteiger partial charge on any atom is 0.0722 e. The van der Waals surface area contributed by atoms with E-state index >= 15 is 0 Å². The maximum atomic E-state index is 5.61. The third kappa shape index (κ3) is 4.62. The molecule has 1 fully saturated rings. The van der Waals surface area contributed by atoms with Gasteiger partial charge in [0.25, 0.3) is 0 Å². The van der Waals surface area contributed by atoms with Gasteiger partial charge in [-0.1, -0.05) is 20.8 Å². The van der Waals surface area contributed by atoms with Crippen LogP contribution in [0.15, 0.2) is 6.20 Å². The van der Waals surface area contributed by atoms with Crippen LogP contribution < -0.4 is 5.32 Å². The van der Waals surface area contributed by atoms with Gasteiger partial charge in [0, 0.05) is 43.9 Å². The average molecular weight is 265 g/mol. The smallest absolute Gasteiger partial charge is 0.0722 e. The van der Waals surface area contributed by atoms with Gasteiger partial charge in [0.15, 0.2) is 0 Å². The molecule has 4 nitrogen and oxygen atoms in total. The number of nitrogens with zero attached hydrogens (tertiary/aromatic N) is 2. The van der Waals surface area contributed by atoms with E-state index in [0.717, 1.165) is 32.2 Å². The maximum absolute atomic E-state index is 5.61. The highest BCUT2D eigenvalue weighted by Crippen LogP contribution is 2.28. The number of rotatable bonds is 7. The van der Waals surface area contributed by atoms with E-state index in [9.17, 15) is 0 Å². The first-order chi connectivity index (χ1) is 8.97. The van der Waals surface area contributed by atoms with Gasteiger partial charge < -0.3 is 10.1 Å². The van der Waals surface area contributed by atoms with E-state index < -0.39 is 0 Å². The van der Waals surface area contributed by atoms with Gasteiger partial charge >= 0.3 is 0 Å². The number of ether oxygens (including phenoxy) is 1. The van der Waals surface area contributed by atoms with Crippen LogP contribution in [0.4, 0.5) is 0 Å². The molecule has 0 saturated heterocycles. The Labute approximate surface area is 116 Å². The van der Waals surface area contributed by atoms with E-state index in [1.165, 1.54) is 24.1 Å². The molecule has 1 heterocycles. The molecule has 1 saturated carbocycles. The lowest BCUT2D eigenvalue weighted by Crippen LogP contribution is -2.22. The van der Waals surface area contributed by atoms with Crippen LogP contribution in [0.2, 0.25) is 0 Å². The normalized spacial score (nSPS) is 16.0. The van der Waals surface area contributed by atoms with Gasteiger partial charge in [-0.3, -0.25) is 4.68 Å². The molecule has 1 aromatic heterocycles.